The number of methoxy groups -OCH3 is 1. The number of nitrogens with one attached hydrogen (secondary N) is 1. The molecule has 0 radical (unpaired) electrons. The number of benzene rings is 1. The molecule has 1 heterocycles. The normalized spacial score (nSPS) is 30.8. The molecule has 23 heavy (non-hydrogen) atoms. The lowest BCUT2D eigenvalue weighted by molar-refractivity contribution is -0.126. The zero-order valence-electron chi connectivity index (χ0n) is 13.7. The fraction of sp³-hybridized carbons (Fsp3) is 0.556. The number of carbonyl (C=O) groups excluding carboxylic acids is 2. The first-order chi connectivity index (χ1) is 10.9. The number of Topliss-reactive ketones (excluding diaryl/α,β-unsaturated/α-hetero) is 1. The number of hydrogen-bond acceptors (Lipinski definition) is 3. The lowest BCUT2D eigenvalue weighted by atomic mass is 9.75. The Morgan fingerprint density at radius 1 is 1.17 bits per heavy atom. The highest BCUT2D eigenvalue weighted by Crippen LogP contribution is 2.41. The van der Waals surface area contributed by atoms with Crippen LogP contribution in [-0.2, 0) is 14.3 Å². The van der Waals surface area contributed by atoms with Gasteiger partial charge in [-0.3, -0.25) is 9.59 Å². The number of hydrogen-bond donors (Lipinski definition) is 1. The van der Waals surface area contributed by atoms with Gasteiger partial charge in [0, 0.05) is 10.7 Å². The quantitative estimate of drug-likeness (QED) is 0.583. The topological polar surface area (TPSA) is 55.4 Å². The molecule has 2 fully saturated rings. The van der Waals surface area contributed by atoms with E-state index in [0.717, 1.165) is 33.1 Å². The maximum Gasteiger partial charge on any atom is 0.235 e. The predicted molar refractivity (Wildman–Crippen MR) is 96.5 cm³/mol. The number of aryl methyl sites for hydroxylation is 2. The van der Waals surface area contributed by atoms with Gasteiger partial charge in [-0.15, -0.1) is 0 Å². The zero-order chi connectivity index (χ0) is 16.8. The average Bonchev–Trinajstić information content (AvgIpc) is 2.72. The summed E-state index contributed by atoms with van der Waals surface area (Å²) >= 11 is 2.27. The van der Waals surface area contributed by atoms with E-state index >= 15 is 0 Å². The number of carbonyl (C=O) groups is 2. The summed E-state index contributed by atoms with van der Waals surface area (Å²) in [5.41, 5.74) is 2.24. The van der Waals surface area contributed by atoms with E-state index in [1.165, 1.54) is 0 Å². The largest absolute Gasteiger partial charge is 0.381 e. The van der Waals surface area contributed by atoms with Gasteiger partial charge in [0.2, 0.25) is 5.91 Å². The van der Waals surface area contributed by atoms with Crippen molar-refractivity contribution in [3.8, 4) is 0 Å². The molecule has 4 nitrogen and oxygen atoms in total. The van der Waals surface area contributed by atoms with Crippen LogP contribution < -0.4 is 5.32 Å². The third-order valence-electron chi connectivity index (χ3n) is 5.33. The first-order valence-corrected chi connectivity index (χ1v) is 9.11. The van der Waals surface area contributed by atoms with Crippen molar-refractivity contribution in [3.05, 3.63) is 32.4 Å². The summed E-state index contributed by atoms with van der Waals surface area (Å²) < 4.78 is 6.52. The van der Waals surface area contributed by atoms with Crippen LogP contribution in [0.2, 0.25) is 0 Å². The van der Waals surface area contributed by atoms with Gasteiger partial charge >= 0.3 is 0 Å². The van der Waals surface area contributed by atoms with Crippen molar-refractivity contribution in [1.82, 2.24) is 5.32 Å². The maximum atomic E-state index is 13.2. The monoisotopic (exact) mass is 427 g/mol. The second kappa shape index (κ2) is 6.16. The third kappa shape index (κ3) is 2.82. The van der Waals surface area contributed by atoms with Gasteiger partial charge in [0.05, 0.1) is 11.6 Å². The van der Waals surface area contributed by atoms with Crippen molar-refractivity contribution in [2.24, 2.45) is 0 Å². The summed E-state index contributed by atoms with van der Waals surface area (Å²) in [5.74, 6) is -0.756. The lowest BCUT2D eigenvalue weighted by Crippen LogP contribution is -2.50. The minimum absolute atomic E-state index is 0.0458. The number of halogens is 1. The van der Waals surface area contributed by atoms with E-state index in [0.29, 0.717) is 12.8 Å². The Kier molecular flexibility index (Phi) is 4.53. The standard InChI is InChI=1S/C18H22INO3/c1-10-8-12(19)9-11(2)14(10)15-16(21)18(20-17(15)22)6-4-13(23-3)5-7-18/h8-9,13,15H,4-7H2,1-3H3,(H,20,22). The smallest absolute Gasteiger partial charge is 0.235 e. The van der Waals surface area contributed by atoms with Crippen molar-refractivity contribution in [2.75, 3.05) is 7.11 Å². The fourth-order valence-electron chi connectivity index (χ4n) is 4.10. The molecular weight excluding hydrogens is 405 g/mol. The van der Waals surface area contributed by atoms with Crippen LogP contribution in [0.5, 0.6) is 0 Å². The van der Waals surface area contributed by atoms with Gasteiger partial charge in [0.1, 0.15) is 5.92 Å². The van der Waals surface area contributed by atoms with Gasteiger partial charge in [0.15, 0.2) is 5.78 Å². The van der Waals surface area contributed by atoms with Gasteiger partial charge in [-0.25, -0.2) is 0 Å². The van der Waals surface area contributed by atoms with E-state index in [1.54, 1.807) is 7.11 Å². The highest BCUT2D eigenvalue weighted by Gasteiger charge is 2.54. The second-order valence-electron chi connectivity index (χ2n) is 6.76. The predicted octanol–water partition coefficient (Wildman–Crippen LogP) is 3.02. The van der Waals surface area contributed by atoms with E-state index in [1.807, 2.05) is 26.0 Å². The molecule has 1 aliphatic heterocycles. The molecule has 1 aromatic rings. The fourth-order valence-corrected chi connectivity index (χ4v) is 5.03. The molecule has 3 rings (SSSR count). The molecule has 1 aliphatic carbocycles. The second-order valence-corrected chi connectivity index (χ2v) is 8.00. The molecule has 1 saturated heterocycles. The zero-order valence-corrected chi connectivity index (χ0v) is 15.9. The summed E-state index contributed by atoms with van der Waals surface area (Å²) in [4.78, 5) is 25.8. The van der Waals surface area contributed by atoms with Gasteiger partial charge in [0.25, 0.3) is 0 Å². The molecular formula is C18H22INO3. The van der Waals surface area contributed by atoms with Crippen LogP contribution in [0.3, 0.4) is 0 Å². The number of amides is 1. The number of ketones is 1. The molecule has 1 spiro atoms. The number of ether oxygens (including phenoxy) is 1. The van der Waals surface area contributed by atoms with Gasteiger partial charge in [-0.2, -0.15) is 0 Å². The Morgan fingerprint density at radius 2 is 1.74 bits per heavy atom. The van der Waals surface area contributed by atoms with Crippen molar-refractivity contribution in [2.45, 2.75) is 57.1 Å². The van der Waals surface area contributed by atoms with Crippen LogP contribution in [-0.4, -0.2) is 30.4 Å². The first-order valence-electron chi connectivity index (χ1n) is 8.04. The Labute approximate surface area is 150 Å². The summed E-state index contributed by atoms with van der Waals surface area (Å²) in [5, 5.41) is 3.04. The SMILES string of the molecule is COC1CCC2(CC1)NC(=O)C(c1c(C)cc(I)cc1C)C2=O. The highest BCUT2D eigenvalue weighted by molar-refractivity contribution is 14.1. The van der Waals surface area contributed by atoms with E-state index in [4.69, 9.17) is 4.74 Å². The van der Waals surface area contributed by atoms with Crippen LogP contribution >= 0.6 is 22.6 Å². The molecule has 1 saturated carbocycles. The summed E-state index contributed by atoms with van der Waals surface area (Å²) in [7, 11) is 1.71. The summed E-state index contributed by atoms with van der Waals surface area (Å²) in [6.07, 6.45) is 3.19. The van der Waals surface area contributed by atoms with Gasteiger partial charge < -0.3 is 10.1 Å². The maximum absolute atomic E-state index is 13.2. The molecule has 124 valence electrons. The molecule has 0 aromatic heterocycles. The van der Waals surface area contributed by atoms with Crippen LogP contribution in [0, 0.1) is 17.4 Å². The Balaban J connectivity index is 1.94. The number of rotatable bonds is 2. The van der Waals surface area contributed by atoms with Crippen molar-refractivity contribution >= 4 is 34.3 Å². The van der Waals surface area contributed by atoms with Crippen LogP contribution in [0.1, 0.15) is 48.3 Å². The summed E-state index contributed by atoms with van der Waals surface area (Å²) in [6, 6.07) is 4.08. The van der Waals surface area contributed by atoms with E-state index in [2.05, 4.69) is 27.9 Å². The molecule has 1 aromatic carbocycles. The lowest BCUT2D eigenvalue weighted by Gasteiger charge is -2.35. The molecule has 5 heteroatoms. The molecule has 0 bridgehead atoms. The van der Waals surface area contributed by atoms with Crippen LogP contribution in [0.15, 0.2) is 12.1 Å². The van der Waals surface area contributed by atoms with E-state index < -0.39 is 11.5 Å². The van der Waals surface area contributed by atoms with Gasteiger partial charge in [-0.05, 0) is 90.9 Å². The minimum Gasteiger partial charge on any atom is -0.381 e. The average molecular weight is 427 g/mol. The first kappa shape index (κ1) is 16.9. The van der Waals surface area contributed by atoms with Gasteiger partial charge in [-0.1, -0.05) is 0 Å². The van der Waals surface area contributed by atoms with Crippen LogP contribution in [0.25, 0.3) is 0 Å². The summed E-state index contributed by atoms with van der Waals surface area (Å²) in [6.45, 7) is 3.97. The van der Waals surface area contributed by atoms with E-state index in [9.17, 15) is 9.59 Å². The molecule has 2 aliphatic rings. The van der Waals surface area contributed by atoms with E-state index in [-0.39, 0.29) is 17.8 Å². The highest BCUT2D eigenvalue weighted by atomic mass is 127. The van der Waals surface area contributed by atoms with Crippen LogP contribution in [0.4, 0.5) is 0 Å². The van der Waals surface area contributed by atoms with Crippen molar-refractivity contribution < 1.29 is 14.3 Å². The minimum atomic E-state index is -0.682. The van der Waals surface area contributed by atoms with Crippen molar-refractivity contribution in [1.29, 1.82) is 0 Å². The molecule has 1 amide bonds. The third-order valence-corrected chi connectivity index (χ3v) is 5.95. The molecule has 1 atom stereocenters. The molecule has 1 unspecified atom stereocenters. The van der Waals surface area contributed by atoms with Crippen molar-refractivity contribution in [3.63, 3.8) is 0 Å². The Hall–Kier alpha value is -0.950. The Bertz CT molecular complexity index is 639. The molecule has 1 N–H and O–H groups in total. The Morgan fingerprint density at radius 3 is 2.26 bits per heavy atom.